The summed E-state index contributed by atoms with van der Waals surface area (Å²) < 4.78 is 12.1. The van der Waals surface area contributed by atoms with Crippen LogP contribution in [0.5, 0.6) is 5.75 Å². The topological polar surface area (TPSA) is 93.9 Å². The van der Waals surface area contributed by atoms with E-state index in [-0.39, 0.29) is 18.8 Å². The summed E-state index contributed by atoms with van der Waals surface area (Å²) >= 11 is 0. The number of aliphatic carboxylic acids is 1. The Morgan fingerprint density at radius 3 is 2.88 bits per heavy atom. The maximum absolute atomic E-state index is 12.7. The number of aryl methyl sites for hydroxylation is 1. The number of aromatic nitrogens is 2. The number of hydrogen-bond donors (Lipinski definition) is 1. The highest BCUT2D eigenvalue weighted by Crippen LogP contribution is 2.24. The van der Waals surface area contributed by atoms with Gasteiger partial charge in [-0.3, -0.25) is 4.79 Å². The van der Waals surface area contributed by atoms with Crippen molar-refractivity contribution < 1.29 is 24.2 Å². The van der Waals surface area contributed by atoms with Crippen molar-refractivity contribution in [2.75, 3.05) is 26.9 Å². The molecule has 8 nitrogen and oxygen atoms in total. The number of benzene rings is 1. The third-order valence-electron chi connectivity index (χ3n) is 4.06. The summed E-state index contributed by atoms with van der Waals surface area (Å²) in [5.41, 5.74) is 1.91. The van der Waals surface area contributed by atoms with Crippen LogP contribution < -0.4 is 4.74 Å². The van der Waals surface area contributed by atoms with Crippen molar-refractivity contribution in [3.05, 3.63) is 41.7 Å². The molecule has 1 aliphatic rings. The van der Waals surface area contributed by atoms with Gasteiger partial charge in [0.05, 0.1) is 20.3 Å². The number of carboxylic acid groups (broad SMARTS) is 1. The lowest BCUT2D eigenvalue weighted by Gasteiger charge is -2.32. The standard InChI is InChI=1S/C17H19N3O5/c1-11-3-4-15(24-2)13(9-11)20-6-5-12(18-20)16(21)19-7-8-25-10-14(19)17(22)23/h3-6,9,14H,7-8,10H2,1-2H3,(H,22,23)/t14-/m1/s1. The molecule has 1 N–H and O–H groups in total. The number of morpholine rings is 1. The Morgan fingerprint density at radius 2 is 2.16 bits per heavy atom. The highest BCUT2D eigenvalue weighted by atomic mass is 16.5. The molecular formula is C17H19N3O5. The third kappa shape index (κ3) is 3.34. The maximum Gasteiger partial charge on any atom is 0.328 e. The van der Waals surface area contributed by atoms with Crippen molar-refractivity contribution in [1.29, 1.82) is 0 Å². The molecule has 2 heterocycles. The summed E-state index contributed by atoms with van der Waals surface area (Å²) in [7, 11) is 1.56. The lowest BCUT2D eigenvalue weighted by molar-refractivity contribution is -0.147. The van der Waals surface area contributed by atoms with Crippen molar-refractivity contribution in [2.45, 2.75) is 13.0 Å². The number of methoxy groups -OCH3 is 1. The minimum absolute atomic E-state index is 0.0204. The van der Waals surface area contributed by atoms with Crippen molar-refractivity contribution in [3.63, 3.8) is 0 Å². The van der Waals surface area contributed by atoms with Gasteiger partial charge in [0.15, 0.2) is 11.7 Å². The first-order valence-corrected chi connectivity index (χ1v) is 7.83. The number of nitrogens with zero attached hydrogens (tertiary/aromatic N) is 3. The molecule has 1 amide bonds. The van der Waals surface area contributed by atoms with Gasteiger partial charge in [-0.15, -0.1) is 0 Å². The first-order valence-electron chi connectivity index (χ1n) is 7.83. The molecule has 132 valence electrons. The van der Waals surface area contributed by atoms with Crippen LogP contribution in [0.25, 0.3) is 5.69 Å². The van der Waals surface area contributed by atoms with Crippen molar-refractivity contribution in [3.8, 4) is 11.4 Å². The van der Waals surface area contributed by atoms with E-state index in [0.717, 1.165) is 5.56 Å². The van der Waals surface area contributed by atoms with E-state index < -0.39 is 17.9 Å². The van der Waals surface area contributed by atoms with E-state index in [0.29, 0.717) is 18.0 Å². The van der Waals surface area contributed by atoms with Crippen LogP contribution in [0.2, 0.25) is 0 Å². The SMILES string of the molecule is COc1ccc(C)cc1-n1ccc(C(=O)N2CCOC[C@@H]2C(=O)O)n1. The average molecular weight is 345 g/mol. The number of hydrogen-bond acceptors (Lipinski definition) is 5. The van der Waals surface area contributed by atoms with Gasteiger partial charge >= 0.3 is 5.97 Å². The molecule has 0 bridgehead atoms. The molecule has 1 atom stereocenters. The molecule has 8 heteroatoms. The highest BCUT2D eigenvalue weighted by Gasteiger charge is 2.34. The van der Waals surface area contributed by atoms with Crippen LogP contribution >= 0.6 is 0 Å². The molecule has 25 heavy (non-hydrogen) atoms. The van der Waals surface area contributed by atoms with E-state index in [1.54, 1.807) is 24.1 Å². The Hall–Kier alpha value is -2.87. The maximum atomic E-state index is 12.7. The molecular weight excluding hydrogens is 326 g/mol. The second-order valence-electron chi connectivity index (χ2n) is 5.75. The summed E-state index contributed by atoms with van der Waals surface area (Å²) in [6.07, 6.45) is 1.65. The molecule has 1 aliphatic heterocycles. The largest absolute Gasteiger partial charge is 0.494 e. The quantitative estimate of drug-likeness (QED) is 0.892. The Kier molecular flexibility index (Phi) is 4.71. The van der Waals surface area contributed by atoms with Crippen molar-refractivity contribution in [2.24, 2.45) is 0 Å². The molecule has 1 saturated heterocycles. The number of carbonyl (C=O) groups excluding carboxylic acids is 1. The molecule has 0 unspecified atom stereocenters. The lowest BCUT2D eigenvalue weighted by Crippen LogP contribution is -2.52. The normalized spacial score (nSPS) is 17.4. The number of amides is 1. The summed E-state index contributed by atoms with van der Waals surface area (Å²) in [5.74, 6) is -0.892. The van der Waals surface area contributed by atoms with Crippen LogP contribution in [0.4, 0.5) is 0 Å². The molecule has 1 fully saturated rings. The molecule has 0 radical (unpaired) electrons. The molecule has 3 rings (SSSR count). The van der Waals surface area contributed by atoms with Crippen molar-refractivity contribution >= 4 is 11.9 Å². The molecule has 0 saturated carbocycles. The minimum Gasteiger partial charge on any atom is -0.494 e. The molecule has 2 aromatic rings. The lowest BCUT2D eigenvalue weighted by atomic mass is 10.2. The third-order valence-corrected chi connectivity index (χ3v) is 4.06. The summed E-state index contributed by atoms with van der Waals surface area (Å²) in [5, 5.41) is 13.6. The number of carboxylic acids is 1. The zero-order chi connectivity index (χ0) is 18.0. The van der Waals surface area contributed by atoms with Crippen LogP contribution in [0.3, 0.4) is 0 Å². The van der Waals surface area contributed by atoms with Crippen LogP contribution in [0, 0.1) is 6.92 Å². The van der Waals surface area contributed by atoms with Gasteiger partial charge in [0.1, 0.15) is 11.4 Å². The summed E-state index contributed by atoms with van der Waals surface area (Å²) in [4.78, 5) is 25.3. The van der Waals surface area contributed by atoms with E-state index in [1.165, 1.54) is 4.90 Å². The molecule has 1 aromatic heterocycles. The second kappa shape index (κ2) is 6.94. The van der Waals surface area contributed by atoms with Gasteiger partial charge in [0.2, 0.25) is 0 Å². The first kappa shape index (κ1) is 17.0. The van der Waals surface area contributed by atoms with E-state index in [4.69, 9.17) is 9.47 Å². The monoisotopic (exact) mass is 345 g/mol. The van der Waals surface area contributed by atoms with E-state index in [9.17, 15) is 14.7 Å². The van der Waals surface area contributed by atoms with E-state index >= 15 is 0 Å². The molecule has 0 aliphatic carbocycles. The van der Waals surface area contributed by atoms with Crippen LogP contribution in [0.1, 0.15) is 16.1 Å². The number of ether oxygens (including phenoxy) is 2. The number of carbonyl (C=O) groups is 2. The Labute approximate surface area is 144 Å². The fourth-order valence-corrected chi connectivity index (χ4v) is 2.75. The molecule has 1 aromatic carbocycles. The van der Waals surface area contributed by atoms with Crippen LogP contribution in [0.15, 0.2) is 30.5 Å². The Balaban J connectivity index is 1.89. The van der Waals surface area contributed by atoms with Gasteiger partial charge in [0.25, 0.3) is 5.91 Å². The first-order chi connectivity index (χ1) is 12.0. The smallest absolute Gasteiger partial charge is 0.328 e. The summed E-state index contributed by atoms with van der Waals surface area (Å²) in [6.45, 7) is 2.45. The van der Waals surface area contributed by atoms with Gasteiger partial charge in [-0.05, 0) is 30.7 Å². The fourth-order valence-electron chi connectivity index (χ4n) is 2.75. The average Bonchev–Trinajstić information content (AvgIpc) is 3.11. The van der Waals surface area contributed by atoms with Gasteiger partial charge in [-0.1, -0.05) is 6.07 Å². The van der Waals surface area contributed by atoms with Gasteiger partial charge in [-0.25, -0.2) is 9.48 Å². The summed E-state index contributed by atoms with van der Waals surface area (Å²) in [6, 6.07) is 6.21. The fraction of sp³-hybridized carbons (Fsp3) is 0.353. The Morgan fingerprint density at radius 1 is 1.36 bits per heavy atom. The zero-order valence-electron chi connectivity index (χ0n) is 14.0. The van der Waals surface area contributed by atoms with Crippen molar-refractivity contribution in [1.82, 2.24) is 14.7 Å². The highest BCUT2D eigenvalue weighted by molar-refractivity contribution is 5.95. The Bertz CT molecular complexity index is 801. The van der Waals surface area contributed by atoms with E-state index in [1.807, 2.05) is 25.1 Å². The number of rotatable bonds is 4. The van der Waals surface area contributed by atoms with Gasteiger partial charge in [-0.2, -0.15) is 5.10 Å². The van der Waals surface area contributed by atoms with Gasteiger partial charge < -0.3 is 19.5 Å². The molecule has 0 spiro atoms. The van der Waals surface area contributed by atoms with Crippen LogP contribution in [-0.2, 0) is 9.53 Å². The predicted octanol–water partition coefficient (Wildman–Crippen LogP) is 1.11. The van der Waals surface area contributed by atoms with Crippen LogP contribution in [-0.4, -0.2) is 64.6 Å². The predicted molar refractivity (Wildman–Crippen MR) is 88.1 cm³/mol. The van der Waals surface area contributed by atoms with E-state index in [2.05, 4.69) is 5.10 Å². The van der Waals surface area contributed by atoms with Gasteiger partial charge in [0, 0.05) is 12.7 Å². The zero-order valence-corrected chi connectivity index (χ0v) is 14.0. The minimum atomic E-state index is -1.09. The second-order valence-corrected chi connectivity index (χ2v) is 5.75.